The lowest BCUT2D eigenvalue weighted by atomic mass is 10.1. The average Bonchev–Trinajstić information content (AvgIpc) is 2.77. The molecular formula is C22H25N3O5S. The summed E-state index contributed by atoms with van der Waals surface area (Å²) in [5, 5.41) is 19.3. The van der Waals surface area contributed by atoms with Gasteiger partial charge in [0.25, 0.3) is 10.0 Å². The monoisotopic (exact) mass is 443 g/mol. The molecular weight excluding hydrogens is 418 g/mol. The Bertz CT molecular complexity index is 1120. The number of esters is 1. The number of nitrogens with one attached hydrogen (secondary N) is 1. The molecule has 9 heteroatoms. The molecule has 1 aliphatic heterocycles. The van der Waals surface area contributed by atoms with Crippen molar-refractivity contribution in [3.63, 3.8) is 0 Å². The number of carbonyl (C=O) groups is 1. The van der Waals surface area contributed by atoms with Crippen LogP contribution in [0.5, 0.6) is 0 Å². The first-order chi connectivity index (χ1) is 14.8. The van der Waals surface area contributed by atoms with Crippen LogP contribution in [0, 0.1) is 11.3 Å². The van der Waals surface area contributed by atoms with Crippen molar-refractivity contribution in [2.75, 3.05) is 29.8 Å². The van der Waals surface area contributed by atoms with Crippen molar-refractivity contribution in [3.05, 3.63) is 53.1 Å². The molecule has 1 aliphatic rings. The van der Waals surface area contributed by atoms with Gasteiger partial charge in [0.2, 0.25) is 0 Å². The van der Waals surface area contributed by atoms with Crippen LogP contribution in [-0.4, -0.2) is 45.8 Å². The number of rotatable bonds is 6. The molecule has 0 aliphatic carbocycles. The van der Waals surface area contributed by atoms with Crippen molar-refractivity contribution in [2.45, 2.75) is 37.2 Å². The third-order valence-corrected chi connectivity index (χ3v) is 6.71. The Hall–Kier alpha value is -3.09. The smallest absolute Gasteiger partial charge is 0.337 e. The van der Waals surface area contributed by atoms with Crippen LogP contribution >= 0.6 is 0 Å². The number of aliphatic hydroxyl groups excluding tert-OH is 1. The minimum atomic E-state index is -4.08. The number of nitrogens with zero attached hydrogens (tertiary/aromatic N) is 2. The molecule has 1 saturated heterocycles. The molecule has 3 rings (SSSR count). The molecule has 0 aromatic heterocycles. The molecule has 0 bridgehead atoms. The summed E-state index contributed by atoms with van der Waals surface area (Å²) < 4.78 is 34.0. The van der Waals surface area contributed by atoms with Gasteiger partial charge in [0.15, 0.2) is 0 Å². The van der Waals surface area contributed by atoms with Gasteiger partial charge >= 0.3 is 5.97 Å². The maximum absolute atomic E-state index is 13.3. The number of piperidine rings is 1. The molecule has 2 aromatic rings. The third-order valence-electron chi connectivity index (χ3n) is 5.27. The number of aliphatic hydroxyl groups is 1. The van der Waals surface area contributed by atoms with Crippen LogP contribution in [0.1, 0.15) is 41.3 Å². The van der Waals surface area contributed by atoms with E-state index in [-0.39, 0.29) is 16.1 Å². The van der Waals surface area contributed by atoms with Gasteiger partial charge in [-0.2, -0.15) is 5.26 Å². The van der Waals surface area contributed by atoms with E-state index in [0.29, 0.717) is 42.7 Å². The molecule has 0 spiro atoms. The van der Waals surface area contributed by atoms with E-state index in [4.69, 9.17) is 4.74 Å². The third kappa shape index (κ3) is 4.98. The van der Waals surface area contributed by atoms with Crippen LogP contribution < -0.4 is 9.62 Å². The largest absolute Gasteiger partial charge is 0.465 e. The average molecular weight is 444 g/mol. The van der Waals surface area contributed by atoms with Gasteiger partial charge < -0.3 is 14.7 Å². The second kappa shape index (κ2) is 9.37. The molecule has 2 aromatic carbocycles. The SMILES string of the molecule is CCc1ccc(C(=O)OC)cc1S(=O)(=O)Nc1cc(C#N)ccc1N1CCC[C@@H](O)C1. The molecule has 0 amide bonds. The number of benzene rings is 2. The quantitative estimate of drug-likeness (QED) is 0.659. The predicted octanol–water partition coefficient (Wildman–Crippen LogP) is 2.67. The highest BCUT2D eigenvalue weighted by atomic mass is 32.2. The fraction of sp³-hybridized carbons (Fsp3) is 0.364. The van der Waals surface area contributed by atoms with E-state index in [9.17, 15) is 23.6 Å². The first-order valence-electron chi connectivity index (χ1n) is 10.00. The van der Waals surface area contributed by atoms with Crippen molar-refractivity contribution < 1.29 is 23.1 Å². The van der Waals surface area contributed by atoms with E-state index in [1.54, 1.807) is 18.2 Å². The number of aryl methyl sites for hydroxylation is 1. The first kappa shape index (κ1) is 22.6. The molecule has 1 heterocycles. The van der Waals surface area contributed by atoms with Gasteiger partial charge in [-0.3, -0.25) is 4.72 Å². The Morgan fingerprint density at radius 3 is 2.74 bits per heavy atom. The molecule has 164 valence electrons. The van der Waals surface area contributed by atoms with Crippen molar-refractivity contribution >= 4 is 27.4 Å². The lowest BCUT2D eigenvalue weighted by molar-refractivity contribution is 0.0600. The lowest BCUT2D eigenvalue weighted by Crippen LogP contribution is -2.38. The number of hydrogen-bond acceptors (Lipinski definition) is 7. The van der Waals surface area contributed by atoms with E-state index in [1.165, 1.54) is 25.3 Å². The Morgan fingerprint density at radius 2 is 2.10 bits per heavy atom. The molecule has 0 radical (unpaired) electrons. The number of carbonyl (C=O) groups excluding carboxylic acids is 1. The Kier molecular flexibility index (Phi) is 6.83. The summed E-state index contributed by atoms with van der Waals surface area (Å²) in [6.45, 7) is 2.86. The summed E-state index contributed by atoms with van der Waals surface area (Å²) in [7, 11) is -2.85. The van der Waals surface area contributed by atoms with Crippen LogP contribution in [0.4, 0.5) is 11.4 Å². The summed E-state index contributed by atoms with van der Waals surface area (Å²) in [6.07, 6.45) is 1.40. The van der Waals surface area contributed by atoms with Crippen molar-refractivity contribution in [1.82, 2.24) is 0 Å². The van der Waals surface area contributed by atoms with Crippen LogP contribution in [-0.2, 0) is 21.2 Å². The topological polar surface area (TPSA) is 120 Å². The standard InChI is InChI=1S/C22H25N3O5S/c1-3-16-7-8-17(22(27)30-2)12-21(16)31(28,29)24-19-11-15(13-23)6-9-20(19)25-10-4-5-18(26)14-25/h6-9,11-12,18,24,26H,3-5,10,14H2,1-2H3/t18-/m1/s1. The van der Waals surface area contributed by atoms with Gasteiger partial charge in [-0.1, -0.05) is 13.0 Å². The number of nitriles is 1. The minimum Gasteiger partial charge on any atom is -0.465 e. The molecule has 31 heavy (non-hydrogen) atoms. The number of sulfonamides is 1. The Morgan fingerprint density at radius 1 is 1.32 bits per heavy atom. The molecule has 0 unspecified atom stereocenters. The van der Waals surface area contributed by atoms with Crippen LogP contribution in [0.2, 0.25) is 0 Å². The second-order valence-electron chi connectivity index (χ2n) is 7.36. The van der Waals surface area contributed by atoms with E-state index < -0.39 is 22.1 Å². The van der Waals surface area contributed by atoms with Gasteiger partial charge in [0.05, 0.1) is 46.7 Å². The lowest BCUT2D eigenvalue weighted by Gasteiger charge is -2.33. The zero-order valence-corrected chi connectivity index (χ0v) is 18.3. The van der Waals surface area contributed by atoms with Crippen molar-refractivity contribution in [2.24, 2.45) is 0 Å². The summed E-state index contributed by atoms with van der Waals surface area (Å²) in [4.78, 5) is 13.8. The number of ether oxygens (including phenoxy) is 1. The summed E-state index contributed by atoms with van der Waals surface area (Å²) >= 11 is 0. The van der Waals surface area contributed by atoms with Gasteiger partial charge in [-0.25, -0.2) is 13.2 Å². The molecule has 1 fully saturated rings. The molecule has 8 nitrogen and oxygen atoms in total. The van der Waals surface area contributed by atoms with E-state index in [2.05, 4.69) is 4.72 Å². The first-order valence-corrected chi connectivity index (χ1v) is 11.5. The fourth-order valence-electron chi connectivity index (χ4n) is 3.68. The van der Waals surface area contributed by atoms with Gasteiger partial charge in [-0.15, -0.1) is 0 Å². The maximum atomic E-state index is 13.3. The number of anilines is 2. The highest BCUT2D eigenvalue weighted by Gasteiger charge is 2.25. The summed E-state index contributed by atoms with van der Waals surface area (Å²) in [5.74, 6) is -0.631. The highest BCUT2D eigenvalue weighted by Crippen LogP contribution is 2.32. The Balaban J connectivity index is 2.05. The van der Waals surface area contributed by atoms with Crippen LogP contribution in [0.25, 0.3) is 0 Å². The van der Waals surface area contributed by atoms with Gasteiger partial charge in [-0.05, 0) is 55.2 Å². The second-order valence-corrected chi connectivity index (χ2v) is 9.01. The normalized spacial score (nSPS) is 16.5. The van der Waals surface area contributed by atoms with Crippen LogP contribution in [0.3, 0.4) is 0 Å². The van der Waals surface area contributed by atoms with Gasteiger partial charge in [0, 0.05) is 13.1 Å². The van der Waals surface area contributed by atoms with E-state index in [1.807, 2.05) is 17.9 Å². The zero-order valence-electron chi connectivity index (χ0n) is 17.5. The summed E-state index contributed by atoms with van der Waals surface area (Å²) in [6, 6.07) is 11.2. The van der Waals surface area contributed by atoms with Gasteiger partial charge in [0.1, 0.15) is 0 Å². The predicted molar refractivity (Wildman–Crippen MR) is 117 cm³/mol. The van der Waals surface area contributed by atoms with Crippen molar-refractivity contribution in [1.29, 1.82) is 5.26 Å². The molecule has 1 atom stereocenters. The zero-order chi connectivity index (χ0) is 22.6. The molecule has 2 N–H and O–H groups in total. The maximum Gasteiger partial charge on any atom is 0.337 e. The highest BCUT2D eigenvalue weighted by molar-refractivity contribution is 7.92. The van der Waals surface area contributed by atoms with E-state index in [0.717, 1.165) is 6.42 Å². The van der Waals surface area contributed by atoms with E-state index >= 15 is 0 Å². The van der Waals surface area contributed by atoms with Crippen LogP contribution in [0.15, 0.2) is 41.3 Å². The number of hydrogen-bond donors (Lipinski definition) is 2. The number of β-amino-alcohol motifs (C(OH)–C–C–N with tert-alkyl or cyclic N) is 1. The Labute approximate surface area is 182 Å². The minimum absolute atomic E-state index is 0.0233. The molecule has 0 saturated carbocycles. The number of methoxy groups -OCH3 is 1. The van der Waals surface area contributed by atoms with Crippen molar-refractivity contribution in [3.8, 4) is 6.07 Å². The summed E-state index contributed by atoms with van der Waals surface area (Å²) in [5.41, 5.74) is 1.82. The fourth-order valence-corrected chi connectivity index (χ4v) is 5.08.